The number of hydrogen-bond acceptors (Lipinski definition) is 5. The van der Waals surface area contributed by atoms with Crippen molar-refractivity contribution in [3.63, 3.8) is 0 Å². The molecule has 1 aromatic heterocycles. The first-order valence-electron chi connectivity index (χ1n) is 10.5. The normalized spacial score (nSPS) is 24.5. The lowest BCUT2D eigenvalue weighted by Gasteiger charge is -2.35. The first-order valence-corrected chi connectivity index (χ1v) is 11.4. The van der Waals surface area contributed by atoms with Crippen LogP contribution in [0.5, 0.6) is 0 Å². The lowest BCUT2D eigenvalue weighted by Crippen LogP contribution is -2.28. The predicted molar refractivity (Wildman–Crippen MR) is 117 cm³/mol. The van der Waals surface area contributed by atoms with Crippen LogP contribution < -0.4 is 0 Å². The summed E-state index contributed by atoms with van der Waals surface area (Å²) in [5.41, 5.74) is 4.56. The Labute approximate surface area is 180 Å². The van der Waals surface area contributed by atoms with Gasteiger partial charge in [-0.05, 0) is 67.1 Å². The van der Waals surface area contributed by atoms with Crippen molar-refractivity contribution >= 4 is 34.6 Å². The summed E-state index contributed by atoms with van der Waals surface area (Å²) in [4.78, 5) is 35.3. The molecule has 4 rings (SSSR count). The SMILES string of the molecule is CN1CCC(=C2c3ccsc3C(=O)CC3CCCCC23)CC1.O=C(O)/C=C/C(=O)O. The molecule has 1 saturated heterocycles. The third-order valence-electron chi connectivity index (χ3n) is 6.28. The standard InChI is InChI=1S/C19H25NOS.C4H4O4/c1-20-9-6-13(7-10-20)18-15-5-3-2-4-14(15)12-17(21)19-16(18)8-11-22-19;5-3(6)1-2-4(7)8/h8,11,14-15H,2-7,9-10,12H2,1H3;1-2H,(H,5,6)(H,7,8)/b;2-1+. The molecule has 162 valence electrons. The second-order valence-corrected chi connectivity index (χ2v) is 9.19. The van der Waals surface area contributed by atoms with E-state index in [0.717, 1.165) is 11.3 Å². The van der Waals surface area contributed by atoms with Gasteiger partial charge in [-0.3, -0.25) is 4.79 Å². The van der Waals surface area contributed by atoms with E-state index in [2.05, 4.69) is 23.4 Å². The summed E-state index contributed by atoms with van der Waals surface area (Å²) >= 11 is 1.67. The van der Waals surface area contributed by atoms with E-state index in [1.165, 1.54) is 57.2 Å². The maximum absolute atomic E-state index is 12.7. The fourth-order valence-electron chi connectivity index (χ4n) is 4.85. The number of ketones is 1. The zero-order valence-electron chi connectivity index (χ0n) is 17.3. The van der Waals surface area contributed by atoms with Crippen LogP contribution in [0, 0.1) is 11.8 Å². The summed E-state index contributed by atoms with van der Waals surface area (Å²) in [6, 6.07) is 2.23. The van der Waals surface area contributed by atoms with Crippen LogP contribution in [0.2, 0.25) is 0 Å². The van der Waals surface area contributed by atoms with Crippen molar-refractivity contribution < 1.29 is 24.6 Å². The Bertz CT molecular complexity index is 843. The maximum Gasteiger partial charge on any atom is 0.328 e. The Morgan fingerprint density at radius 2 is 1.73 bits per heavy atom. The van der Waals surface area contributed by atoms with Crippen LogP contribution >= 0.6 is 11.3 Å². The van der Waals surface area contributed by atoms with Gasteiger partial charge in [0.15, 0.2) is 5.78 Å². The van der Waals surface area contributed by atoms with Crippen molar-refractivity contribution in [2.75, 3.05) is 20.1 Å². The molecule has 0 spiro atoms. The minimum absolute atomic E-state index is 0.408. The third-order valence-corrected chi connectivity index (χ3v) is 7.23. The van der Waals surface area contributed by atoms with E-state index < -0.39 is 11.9 Å². The topological polar surface area (TPSA) is 94.9 Å². The van der Waals surface area contributed by atoms with Crippen molar-refractivity contribution in [3.05, 3.63) is 39.6 Å². The molecular formula is C23H29NO5S. The first-order chi connectivity index (χ1) is 14.4. The van der Waals surface area contributed by atoms with E-state index in [0.29, 0.717) is 29.8 Å². The molecule has 2 heterocycles. The number of nitrogens with zero attached hydrogens (tertiary/aromatic N) is 1. The molecule has 1 aliphatic heterocycles. The zero-order chi connectivity index (χ0) is 21.7. The second kappa shape index (κ2) is 10.2. The summed E-state index contributed by atoms with van der Waals surface area (Å²) in [5.74, 6) is -0.861. The summed E-state index contributed by atoms with van der Waals surface area (Å²) < 4.78 is 0. The number of rotatable bonds is 2. The fraction of sp³-hybridized carbons (Fsp3) is 0.522. The van der Waals surface area contributed by atoms with E-state index in [1.54, 1.807) is 22.5 Å². The molecule has 1 saturated carbocycles. The molecule has 6 nitrogen and oxygen atoms in total. The van der Waals surface area contributed by atoms with Crippen molar-refractivity contribution in [1.82, 2.24) is 4.90 Å². The largest absolute Gasteiger partial charge is 0.478 e. The number of hydrogen-bond donors (Lipinski definition) is 2. The fourth-order valence-corrected chi connectivity index (χ4v) is 5.71. The van der Waals surface area contributed by atoms with Crippen LogP contribution in [0.25, 0.3) is 5.57 Å². The molecule has 2 N–H and O–H groups in total. The van der Waals surface area contributed by atoms with E-state index in [4.69, 9.17) is 10.2 Å². The zero-order valence-corrected chi connectivity index (χ0v) is 18.1. The molecule has 0 radical (unpaired) electrons. The van der Waals surface area contributed by atoms with Gasteiger partial charge in [0.05, 0.1) is 4.88 Å². The van der Waals surface area contributed by atoms with E-state index in [1.807, 2.05) is 0 Å². The number of carboxylic acid groups (broad SMARTS) is 2. The number of carboxylic acids is 2. The van der Waals surface area contributed by atoms with Crippen molar-refractivity contribution in [2.45, 2.75) is 44.9 Å². The third kappa shape index (κ3) is 5.46. The van der Waals surface area contributed by atoms with Crippen LogP contribution in [-0.2, 0) is 9.59 Å². The summed E-state index contributed by atoms with van der Waals surface area (Å²) in [6.45, 7) is 2.34. The van der Waals surface area contributed by atoms with Crippen molar-refractivity contribution in [3.8, 4) is 0 Å². The number of fused-ring (bicyclic) bond motifs is 2. The molecule has 7 heteroatoms. The van der Waals surface area contributed by atoms with Crippen molar-refractivity contribution in [2.24, 2.45) is 11.8 Å². The highest BCUT2D eigenvalue weighted by Crippen LogP contribution is 2.48. The van der Waals surface area contributed by atoms with Crippen LogP contribution in [0.3, 0.4) is 0 Å². The summed E-state index contributed by atoms with van der Waals surface area (Å²) in [5, 5.41) is 17.8. The van der Waals surface area contributed by atoms with Gasteiger partial charge in [-0.15, -0.1) is 11.3 Å². The number of allylic oxidation sites excluding steroid dienone is 1. The second-order valence-electron chi connectivity index (χ2n) is 8.27. The molecule has 3 aliphatic rings. The Morgan fingerprint density at radius 1 is 1.10 bits per heavy atom. The van der Waals surface area contributed by atoms with Crippen LogP contribution in [0.1, 0.15) is 60.2 Å². The first kappa shape index (κ1) is 22.4. The Balaban J connectivity index is 0.000000275. The number of likely N-dealkylation sites (tertiary alicyclic amines) is 1. The summed E-state index contributed by atoms with van der Waals surface area (Å²) in [7, 11) is 2.22. The highest BCUT2D eigenvalue weighted by atomic mass is 32.1. The minimum atomic E-state index is -1.26. The number of carbonyl (C=O) groups is 3. The quantitative estimate of drug-likeness (QED) is 0.677. The molecule has 2 fully saturated rings. The molecule has 2 atom stereocenters. The highest BCUT2D eigenvalue weighted by Gasteiger charge is 2.37. The Morgan fingerprint density at radius 3 is 2.37 bits per heavy atom. The van der Waals surface area contributed by atoms with Gasteiger partial charge in [-0.2, -0.15) is 0 Å². The molecule has 1 aromatic rings. The molecule has 0 bridgehead atoms. The molecule has 30 heavy (non-hydrogen) atoms. The van der Waals surface area contributed by atoms with Gasteiger partial charge in [0.2, 0.25) is 0 Å². The monoisotopic (exact) mass is 431 g/mol. The number of thiophene rings is 1. The van der Waals surface area contributed by atoms with Gasteiger partial charge in [-0.1, -0.05) is 18.4 Å². The van der Waals surface area contributed by atoms with Gasteiger partial charge in [0, 0.05) is 31.7 Å². The van der Waals surface area contributed by atoms with E-state index >= 15 is 0 Å². The van der Waals surface area contributed by atoms with Gasteiger partial charge >= 0.3 is 11.9 Å². The van der Waals surface area contributed by atoms with Gasteiger partial charge in [0.1, 0.15) is 0 Å². The Kier molecular flexibility index (Phi) is 7.61. The van der Waals surface area contributed by atoms with Gasteiger partial charge < -0.3 is 15.1 Å². The molecule has 2 unspecified atom stereocenters. The maximum atomic E-state index is 12.7. The number of Topliss-reactive ketones (excluding diaryl/α,β-unsaturated/α-hetero) is 1. The van der Waals surface area contributed by atoms with Crippen LogP contribution in [0.4, 0.5) is 0 Å². The lowest BCUT2D eigenvalue weighted by molar-refractivity contribution is -0.134. The molecule has 0 amide bonds. The predicted octanol–water partition coefficient (Wildman–Crippen LogP) is 4.33. The average molecular weight is 432 g/mol. The number of aliphatic carboxylic acids is 2. The van der Waals surface area contributed by atoms with E-state index in [9.17, 15) is 14.4 Å². The molecule has 2 aliphatic carbocycles. The minimum Gasteiger partial charge on any atom is -0.478 e. The van der Waals surface area contributed by atoms with Crippen LogP contribution in [-0.4, -0.2) is 53.0 Å². The van der Waals surface area contributed by atoms with Gasteiger partial charge in [-0.25, -0.2) is 9.59 Å². The van der Waals surface area contributed by atoms with E-state index in [-0.39, 0.29) is 0 Å². The molecule has 0 aromatic carbocycles. The van der Waals surface area contributed by atoms with Crippen LogP contribution in [0.15, 0.2) is 29.2 Å². The Hall–Kier alpha value is -2.25. The van der Waals surface area contributed by atoms with Gasteiger partial charge in [0.25, 0.3) is 0 Å². The lowest BCUT2D eigenvalue weighted by atomic mass is 9.71. The number of piperidine rings is 1. The molecular weight excluding hydrogens is 402 g/mol. The number of carbonyl (C=O) groups excluding carboxylic acids is 1. The smallest absolute Gasteiger partial charge is 0.328 e. The highest BCUT2D eigenvalue weighted by molar-refractivity contribution is 7.12. The average Bonchev–Trinajstić information content (AvgIpc) is 3.15. The van der Waals surface area contributed by atoms with Crippen molar-refractivity contribution in [1.29, 1.82) is 0 Å². The summed E-state index contributed by atoms with van der Waals surface area (Å²) in [6.07, 6.45) is 9.49.